The zero-order chi connectivity index (χ0) is 12.8. The quantitative estimate of drug-likeness (QED) is 0.846. The molecule has 0 unspecified atom stereocenters. The Balaban J connectivity index is 2.08. The Kier molecular flexibility index (Phi) is 4.19. The van der Waals surface area contributed by atoms with Gasteiger partial charge in [-0.1, -0.05) is 61.5 Å². The van der Waals surface area contributed by atoms with Crippen LogP contribution in [0.4, 0.5) is 0 Å². The first-order valence-electron chi connectivity index (χ1n) is 6.32. The molecule has 0 spiro atoms. The second kappa shape index (κ2) is 6.06. The molecule has 0 amide bonds. The van der Waals surface area contributed by atoms with E-state index in [1.165, 1.54) is 11.1 Å². The van der Waals surface area contributed by atoms with Crippen LogP contribution < -0.4 is 0 Å². The van der Waals surface area contributed by atoms with Crippen LogP contribution in [0.15, 0.2) is 54.6 Å². The Hall–Kier alpha value is -2.02. The Morgan fingerprint density at radius 2 is 1.83 bits per heavy atom. The fourth-order valence-electron chi connectivity index (χ4n) is 1.91. The van der Waals surface area contributed by atoms with Crippen LogP contribution in [0.3, 0.4) is 0 Å². The van der Waals surface area contributed by atoms with Gasteiger partial charge < -0.3 is 5.11 Å². The summed E-state index contributed by atoms with van der Waals surface area (Å²) in [7, 11) is 0. The average molecular weight is 238 g/mol. The Bertz CT molecular complexity index is 527. The minimum absolute atomic E-state index is 0.380. The highest BCUT2D eigenvalue weighted by Gasteiger charge is 2.00. The van der Waals surface area contributed by atoms with Crippen molar-refractivity contribution in [3.8, 4) is 5.75 Å². The number of aromatic hydroxyl groups is 1. The Morgan fingerprint density at radius 1 is 1.06 bits per heavy atom. The summed E-state index contributed by atoms with van der Waals surface area (Å²) in [5.74, 6) is 0.380. The van der Waals surface area contributed by atoms with E-state index >= 15 is 0 Å². The van der Waals surface area contributed by atoms with Gasteiger partial charge in [-0.25, -0.2) is 0 Å². The highest BCUT2D eigenvalue weighted by molar-refractivity contribution is 5.50. The molecule has 1 nitrogen and oxygen atoms in total. The molecule has 2 aromatic carbocycles. The third kappa shape index (κ3) is 3.24. The number of benzene rings is 2. The van der Waals surface area contributed by atoms with E-state index in [2.05, 4.69) is 37.3 Å². The van der Waals surface area contributed by atoms with Gasteiger partial charge in [0.1, 0.15) is 5.75 Å². The zero-order valence-electron chi connectivity index (χ0n) is 10.6. The molecule has 0 fully saturated rings. The molecule has 92 valence electrons. The van der Waals surface area contributed by atoms with Crippen molar-refractivity contribution in [2.45, 2.75) is 19.8 Å². The lowest BCUT2D eigenvalue weighted by Crippen LogP contribution is -1.87. The van der Waals surface area contributed by atoms with Crippen molar-refractivity contribution in [1.82, 2.24) is 0 Å². The SMILES string of the molecule is CCc1ccc(O)c(CC=Cc2ccccc2)c1. The number of aryl methyl sites for hydroxylation is 1. The van der Waals surface area contributed by atoms with Gasteiger partial charge in [0, 0.05) is 0 Å². The normalized spacial score (nSPS) is 10.9. The van der Waals surface area contributed by atoms with E-state index in [1.54, 1.807) is 6.07 Å². The van der Waals surface area contributed by atoms with Crippen LogP contribution in [-0.2, 0) is 12.8 Å². The van der Waals surface area contributed by atoms with E-state index < -0.39 is 0 Å². The minimum Gasteiger partial charge on any atom is -0.508 e. The van der Waals surface area contributed by atoms with E-state index in [9.17, 15) is 5.11 Å². The summed E-state index contributed by atoms with van der Waals surface area (Å²) in [6.45, 7) is 2.12. The second-order valence-electron chi connectivity index (χ2n) is 4.33. The van der Waals surface area contributed by atoms with E-state index in [4.69, 9.17) is 0 Å². The van der Waals surface area contributed by atoms with Gasteiger partial charge in [-0.2, -0.15) is 0 Å². The number of hydrogen-bond acceptors (Lipinski definition) is 1. The Morgan fingerprint density at radius 3 is 2.56 bits per heavy atom. The van der Waals surface area contributed by atoms with Gasteiger partial charge in [0.25, 0.3) is 0 Å². The molecule has 0 aliphatic rings. The summed E-state index contributed by atoms with van der Waals surface area (Å²) < 4.78 is 0. The number of phenolic OH excluding ortho intramolecular Hbond substituents is 1. The van der Waals surface area contributed by atoms with Gasteiger partial charge >= 0.3 is 0 Å². The fourth-order valence-corrected chi connectivity index (χ4v) is 1.91. The minimum atomic E-state index is 0.380. The fraction of sp³-hybridized carbons (Fsp3) is 0.176. The molecular weight excluding hydrogens is 220 g/mol. The van der Waals surface area contributed by atoms with Crippen LogP contribution >= 0.6 is 0 Å². The van der Waals surface area contributed by atoms with Crippen LogP contribution in [0.25, 0.3) is 6.08 Å². The smallest absolute Gasteiger partial charge is 0.119 e. The van der Waals surface area contributed by atoms with Crippen molar-refractivity contribution in [3.05, 3.63) is 71.3 Å². The molecule has 2 aromatic rings. The highest BCUT2D eigenvalue weighted by Crippen LogP contribution is 2.20. The molecular formula is C17H18O. The molecule has 0 saturated heterocycles. The molecule has 0 aromatic heterocycles. The standard InChI is InChI=1S/C17H18O/c1-2-14-11-12-17(18)16(13-14)10-6-9-15-7-4-3-5-8-15/h3-9,11-13,18H,2,10H2,1H3. The molecule has 0 aliphatic heterocycles. The van der Waals surface area contributed by atoms with E-state index in [0.29, 0.717) is 5.75 Å². The summed E-state index contributed by atoms with van der Waals surface area (Å²) in [5.41, 5.74) is 3.43. The second-order valence-corrected chi connectivity index (χ2v) is 4.33. The number of allylic oxidation sites excluding steroid dienone is 1. The molecule has 1 heteroatoms. The van der Waals surface area contributed by atoms with Gasteiger partial charge in [0.15, 0.2) is 0 Å². The highest BCUT2D eigenvalue weighted by atomic mass is 16.3. The predicted molar refractivity (Wildman–Crippen MR) is 76.7 cm³/mol. The van der Waals surface area contributed by atoms with Gasteiger partial charge in [-0.15, -0.1) is 0 Å². The molecule has 0 bridgehead atoms. The van der Waals surface area contributed by atoms with E-state index in [0.717, 1.165) is 18.4 Å². The molecule has 0 saturated carbocycles. The molecule has 18 heavy (non-hydrogen) atoms. The van der Waals surface area contributed by atoms with Crippen molar-refractivity contribution in [1.29, 1.82) is 0 Å². The topological polar surface area (TPSA) is 20.2 Å². The molecule has 2 rings (SSSR count). The zero-order valence-corrected chi connectivity index (χ0v) is 10.6. The van der Waals surface area contributed by atoms with Crippen molar-refractivity contribution in [2.75, 3.05) is 0 Å². The lowest BCUT2D eigenvalue weighted by molar-refractivity contribution is 0.469. The average Bonchev–Trinajstić information content (AvgIpc) is 2.42. The largest absolute Gasteiger partial charge is 0.508 e. The first-order chi connectivity index (χ1) is 8.79. The predicted octanol–water partition coefficient (Wildman–Crippen LogP) is 4.21. The maximum Gasteiger partial charge on any atom is 0.119 e. The third-order valence-corrected chi connectivity index (χ3v) is 3.00. The lowest BCUT2D eigenvalue weighted by atomic mass is 10.0. The summed E-state index contributed by atoms with van der Waals surface area (Å²) in [6, 6.07) is 16.0. The summed E-state index contributed by atoms with van der Waals surface area (Å²) in [4.78, 5) is 0. The van der Waals surface area contributed by atoms with E-state index in [1.807, 2.05) is 24.3 Å². The van der Waals surface area contributed by atoms with Crippen molar-refractivity contribution in [3.63, 3.8) is 0 Å². The maximum absolute atomic E-state index is 9.79. The maximum atomic E-state index is 9.79. The van der Waals surface area contributed by atoms with Gasteiger partial charge in [-0.05, 0) is 35.6 Å². The Labute approximate surface area is 108 Å². The number of hydrogen-bond donors (Lipinski definition) is 1. The molecule has 0 atom stereocenters. The molecule has 0 aliphatic carbocycles. The van der Waals surface area contributed by atoms with Crippen molar-refractivity contribution >= 4 is 6.08 Å². The van der Waals surface area contributed by atoms with Crippen LogP contribution in [0, 0.1) is 0 Å². The summed E-state index contributed by atoms with van der Waals surface area (Å²) in [5, 5.41) is 9.79. The number of rotatable bonds is 4. The first kappa shape index (κ1) is 12.4. The lowest BCUT2D eigenvalue weighted by Gasteiger charge is -2.04. The summed E-state index contributed by atoms with van der Waals surface area (Å²) >= 11 is 0. The van der Waals surface area contributed by atoms with Crippen molar-refractivity contribution in [2.24, 2.45) is 0 Å². The van der Waals surface area contributed by atoms with E-state index in [-0.39, 0.29) is 0 Å². The van der Waals surface area contributed by atoms with Crippen LogP contribution in [-0.4, -0.2) is 5.11 Å². The monoisotopic (exact) mass is 238 g/mol. The third-order valence-electron chi connectivity index (χ3n) is 3.00. The molecule has 0 heterocycles. The van der Waals surface area contributed by atoms with Gasteiger partial charge in [0.05, 0.1) is 0 Å². The van der Waals surface area contributed by atoms with Gasteiger partial charge in [-0.3, -0.25) is 0 Å². The van der Waals surface area contributed by atoms with Crippen LogP contribution in [0.1, 0.15) is 23.6 Å². The van der Waals surface area contributed by atoms with Crippen LogP contribution in [0.2, 0.25) is 0 Å². The summed E-state index contributed by atoms with van der Waals surface area (Å²) in [6.07, 6.45) is 5.92. The number of phenols is 1. The van der Waals surface area contributed by atoms with Gasteiger partial charge in [0.2, 0.25) is 0 Å². The van der Waals surface area contributed by atoms with Crippen LogP contribution in [0.5, 0.6) is 5.75 Å². The first-order valence-corrected chi connectivity index (χ1v) is 6.32. The van der Waals surface area contributed by atoms with Crippen molar-refractivity contribution < 1.29 is 5.11 Å². The molecule has 0 radical (unpaired) electrons. The molecule has 1 N–H and O–H groups in total.